The third kappa shape index (κ3) is 6.07. The molecule has 0 N–H and O–H groups in total. The largest absolute Gasteiger partial charge is 0.424 e. The summed E-state index contributed by atoms with van der Waals surface area (Å²) in [6, 6.07) is 19.5. The number of benzene rings is 2. The van der Waals surface area contributed by atoms with E-state index < -0.39 is 0 Å². The molecule has 0 bridgehead atoms. The summed E-state index contributed by atoms with van der Waals surface area (Å²) in [6.45, 7) is 3.73. The fourth-order valence-corrected chi connectivity index (χ4v) is 2.88. The number of rotatable bonds is 6. The Morgan fingerprint density at radius 2 is 1.79 bits per heavy atom. The van der Waals surface area contributed by atoms with Gasteiger partial charge in [-0.05, 0) is 61.1 Å². The predicted molar refractivity (Wildman–Crippen MR) is 109 cm³/mol. The number of carbonyl (C=O) groups excluding carboxylic acids is 1. The normalized spacial score (nSPS) is 11.2. The maximum absolute atomic E-state index is 11.2. The topological polar surface area (TPSA) is 52.1 Å². The first-order valence-corrected chi connectivity index (χ1v) is 9.25. The van der Waals surface area contributed by atoms with E-state index in [0.29, 0.717) is 23.8 Å². The number of hydrogen-bond donors (Lipinski definition) is 0. The monoisotopic (exact) mass is 370 g/mol. The van der Waals surface area contributed by atoms with Gasteiger partial charge >= 0.3 is 6.01 Å². The lowest BCUT2D eigenvalue weighted by atomic mass is 9.96. The van der Waals surface area contributed by atoms with Crippen molar-refractivity contribution < 1.29 is 9.53 Å². The first kappa shape index (κ1) is 19.3. The maximum Gasteiger partial charge on any atom is 0.323 e. The summed E-state index contributed by atoms with van der Waals surface area (Å²) >= 11 is 0. The van der Waals surface area contributed by atoms with E-state index in [1.165, 1.54) is 5.56 Å². The van der Waals surface area contributed by atoms with Gasteiger partial charge in [-0.25, -0.2) is 4.98 Å². The molecule has 0 saturated heterocycles. The zero-order valence-electron chi connectivity index (χ0n) is 16.1. The second kappa shape index (κ2) is 9.48. The van der Waals surface area contributed by atoms with E-state index in [1.54, 1.807) is 19.2 Å². The quantitative estimate of drug-likeness (QED) is 0.584. The Hall–Kier alpha value is -3.45. The van der Waals surface area contributed by atoms with Crippen molar-refractivity contribution in [1.29, 1.82) is 0 Å². The summed E-state index contributed by atoms with van der Waals surface area (Å²) in [7, 11) is 0. The van der Waals surface area contributed by atoms with Gasteiger partial charge in [0.15, 0.2) is 0 Å². The van der Waals surface area contributed by atoms with Crippen molar-refractivity contribution >= 4 is 5.78 Å². The number of ether oxygens (including phenoxy) is 1. The molecule has 2 aromatic carbocycles. The lowest BCUT2D eigenvalue weighted by Gasteiger charge is -2.09. The molecule has 4 heteroatoms. The minimum atomic E-state index is 0.232. The van der Waals surface area contributed by atoms with Crippen LogP contribution in [-0.2, 0) is 11.2 Å². The second-order valence-corrected chi connectivity index (χ2v) is 6.80. The molecule has 0 aliphatic rings. The first-order valence-electron chi connectivity index (χ1n) is 9.25. The van der Waals surface area contributed by atoms with Crippen LogP contribution < -0.4 is 4.74 Å². The number of para-hydroxylation sites is 1. The zero-order valence-corrected chi connectivity index (χ0v) is 16.1. The van der Waals surface area contributed by atoms with Gasteiger partial charge in [-0.15, -0.1) is 0 Å². The number of hydrogen-bond acceptors (Lipinski definition) is 4. The maximum atomic E-state index is 11.2. The van der Waals surface area contributed by atoms with Crippen LogP contribution in [0.1, 0.15) is 37.1 Å². The van der Waals surface area contributed by atoms with Gasteiger partial charge in [-0.2, -0.15) is 4.98 Å². The van der Waals surface area contributed by atoms with Gasteiger partial charge in [0.1, 0.15) is 17.2 Å². The predicted octanol–water partition coefficient (Wildman–Crippen LogP) is 4.83. The third-order valence-electron chi connectivity index (χ3n) is 4.09. The summed E-state index contributed by atoms with van der Waals surface area (Å²) in [5.74, 6) is 7.42. The second-order valence-electron chi connectivity index (χ2n) is 6.80. The van der Waals surface area contributed by atoms with Crippen molar-refractivity contribution in [1.82, 2.24) is 9.97 Å². The Kier molecular flexibility index (Phi) is 6.54. The standard InChI is InChI=1S/C24H22N2O2/c1-18(16-19(2)27)17-21-10-8-20(9-11-21)12-13-22-14-15-25-24(26-22)28-23-6-4-3-5-7-23/h3-11,14-15,18H,16-17H2,1-2H3. The van der Waals surface area contributed by atoms with Crippen LogP contribution in [0.4, 0.5) is 0 Å². The van der Waals surface area contributed by atoms with Crippen molar-refractivity contribution in [2.75, 3.05) is 0 Å². The molecule has 0 saturated carbocycles. The molecule has 0 aliphatic heterocycles. The Labute approximate surface area is 165 Å². The minimum Gasteiger partial charge on any atom is -0.424 e. The van der Waals surface area contributed by atoms with Crippen molar-refractivity contribution in [2.24, 2.45) is 5.92 Å². The van der Waals surface area contributed by atoms with Gasteiger partial charge < -0.3 is 9.53 Å². The molecule has 0 amide bonds. The van der Waals surface area contributed by atoms with Gasteiger partial charge in [-0.1, -0.05) is 43.2 Å². The number of aromatic nitrogens is 2. The minimum absolute atomic E-state index is 0.232. The molecule has 0 fully saturated rings. The molecular formula is C24H22N2O2. The van der Waals surface area contributed by atoms with E-state index in [-0.39, 0.29) is 11.8 Å². The summed E-state index contributed by atoms with van der Waals surface area (Å²) in [5.41, 5.74) is 2.71. The van der Waals surface area contributed by atoms with Gasteiger partial charge in [0.05, 0.1) is 0 Å². The number of ketones is 1. The summed E-state index contributed by atoms with van der Waals surface area (Å²) < 4.78 is 5.64. The zero-order chi connectivity index (χ0) is 19.8. The Bertz CT molecular complexity index is 986. The van der Waals surface area contributed by atoms with E-state index in [9.17, 15) is 4.79 Å². The molecule has 140 valence electrons. The summed E-state index contributed by atoms with van der Waals surface area (Å²) in [6.07, 6.45) is 3.14. The van der Waals surface area contributed by atoms with Crippen molar-refractivity contribution in [2.45, 2.75) is 26.7 Å². The number of nitrogens with zero attached hydrogens (tertiary/aromatic N) is 2. The average molecular weight is 370 g/mol. The van der Waals surface area contributed by atoms with Gasteiger partial charge in [0.2, 0.25) is 0 Å². The molecule has 1 aromatic heterocycles. The highest BCUT2D eigenvalue weighted by molar-refractivity contribution is 5.75. The van der Waals surface area contributed by atoms with Crippen molar-refractivity contribution in [3.05, 3.63) is 83.7 Å². The van der Waals surface area contributed by atoms with E-state index in [2.05, 4.69) is 40.9 Å². The van der Waals surface area contributed by atoms with Crippen LogP contribution in [0, 0.1) is 17.8 Å². The molecular weight excluding hydrogens is 348 g/mol. The first-order chi connectivity index (χ1) is 13.6. The van der Waals surface area contributed by atoms with E-state index in [4.69, 9.17) is 4.74 Å². The van der Waals surface area contributed by atoms with Crippen LogP contribution in [0.3, 0.4) is 0 Å². The molecule has 1 heterocycles. The molecule has 4 nitrogen and oxygen atoms in total. The van der Waals surface area contributed by atoms with Crippen molar-refractivity contribution in [3.63, 3.8) is 0 Å². The molecule has 3 aromatic rings. The van der Waals surface area contributed by atoms with Gasteiger partial charge in [0, 0.05) is 18.2 Å². The van der Waals surface area contributed by atoms with Crippen LogP contribution >= 0.6 is 0 Å². The Morgan fingerprint density at radius 3 is 2.50 bits per heavy atom. The molecule has 28 heavy (non-hydrogen) atoms. The Morgan fingerprint density at radius 1 is 1.04 bits per heavy atom. The van der Waals surface area contributed by atoms with Gasteiger partial charge in [0.25, 0.3) is 0 Å². The SMILES string of the molecule is CC(=O)CC(C)Cc1ccc(C#Cc2ccnc(Oc3ccccc3)n2)cc1. The molecule has 3 rings (SSSR count). The van der Waals surface area contributed by atoms with E-state index in [1.807, 2.05) is 42.5 Å². The third-order valence-corrected chi connectivity index (χ3v) is 4.09. The lowest BCUT2D eigenvalue weighted by Crippen LogP contribution is -2.04. The summed E-state index contributed by atoms with van der Waals surface area (Å²) in [4.78, 5) is 19.7. The molecule has 1 atom stereocenters. The van der Waals surface area contributed by atoms with Crippen LogP contribution in [0.5, 0.6) is 11.8 Å². The molecule has 0 aliphatic carbocycles. The van der Waals surface area contributed by atoms with Crippen LogP contribution in [-0.4, -0.2) is 15.8 Å². The highest BCUT2D eigenvalue weighted by atomic mass is 16.5. The highest BCUT2D eigenvalue weighted by Crippen LogP contribution is 2.16. The highest BCUT2D eigenvalue weighted by Gasteiger charge is 2.06. The lowest BCUT2D eigenvalue weighted by molar-refractivity contribution is -0.117. The van der Waals surface area contributed by atoms with Crippen LogP contribution in [0.25, 0.3) is 0 Å². The summed E-state index contributed by atoms with van der Waals surface area (Å²) in [5, 5.41) is 0. The van der Waals surface area contributed by atoms with Crippen molar-refractivity contribution in [3.8, 4) is 23.6 Å². The van der Waals surface area contributed by atoms with Crippen LogP contribution in [0.15, 0.2) is 66.9 Å². The van der Waals surface area contributed by atoms with Crippen LogP contribution in [0.2, 0.25) is 0 Å². The number of carbonyl (C=O) groups is 1. The number of Topliss-reactive ketones (excluding diaryl/α,β-unsaturated/α-hetero) is 1. The smallest absolute Gasteiger partial charge is 0.323 e. The van der Waals surface area contributed by atoms with E-state index >= 15 is 0 Å². The average Bonchev–Trinajstić information content (AvgIpc) is 2.68. The fraction of sp³-hybridized carbons (Fsp3) is 0.208. The molecule has 1 unspecified atom stereocenters. The fourth-order valence-electron chi connectivity index (χ4n) is 2.88. The van der Waals surface area contributed by atoms with E-state index in [0.717, 1.165) is 12.0 Å². The van der Waals surface area contributed by atoms with Gasteiger partial charge in [-0.3, -0.25) is 0 Å². The Balaban J connectivity index is 1.65. The molecule has 0 spiro atoms. The molecule has 0 radical (unpaired) electrons.